The van der Waals surface area contributed by atoms with Crippen molar-refractivity contribution in [2.24, 2.45) is 0 Å². The van der Waals surface area contributed by atoms with Gasteiger partial charge < -0.3 is 14.5 Å². The van der Waals surface area contributed by atoms with Crippen molar-refractivity contribution in [2.45, 2.75) is 6.92 Å². The van der Waals surface area contributed by atoms with Crippen LogP contribution in [-0.4, -0.2) is 16.9 Å². The molecule has 144 valence electrons. The van der Waals surface area contributed by atoms with Crippen LogP contribution in [0.3, 0.4) is 0 Å². The third kappa shape index (κ3) is 3.98. The van der Waals surface area contributed by atoms with Crippen LogP contribution in [0.15, 0.2) is 71.3 Å². The molecule has 0 atom stereocenters. The second-order valence-corrected chi connectivity index (χ2v) is 6.32. The molecule has 4 rings (SSSR count). The highest BCUT2D eigenvalue weighted by Crippen LogP contribution is 2.23. The van der Waals surface area contributed by atoms with Gasteiger partial charge in [-0.1, -0.05) is 6.07 Å². The molecule has 4 aromatic rings. The first kappa shape index (κ1) is 18.4. The number of carbonyl (C=O) groups excluding carboxylic acids is 2. The third-order valence-corrected chi connectivity index (χ3v) is 4.17. The summed E-state index contributed by atoms with van der Waals surface area (Å²) < 4.78 is 24.0. The monoisotopic (exact) mass is 390 g/mol. The molecule has 0 aliphatic heterocycles. The number of ether oxygens (including phenoxy) is 1. The number of rotatable bonds is 4. The van der Waals surface area contributed by atoms with Crippen molar-refractivity contribution in [3.05, 3.63) is 89.8 Å². The minimum absolute atomic E-state index is 0.165. The fourth-order valence-corrected chi connectivity index (χ4v) is 2.90. The van der Waals surface area contributed by atoms with E-state index in [9.17, 15) is 14.0 Å². The van der Waals surface area contributed by atoms with Crippen molar-refractivity contribution < 1.29 is 23.1 Å². The van der Waals surface area contributed by atoms with Crippen LogP contribution in [0.4, 0.5) is 10.1 Å². The number of furan rings is 1. The number of nitrogens with one attached hydrogen (secondary N) is 1. The van der Waals surface area contributed by atoms with E-state index in [0.717, 1.165) is 0 Å². The minimum Gasteiger partial charge on any atom is -0.459 e. The number of hydrogen-bond acceptors (Lipinski definition) is 5. The molecular weight excluding hydrogens is 375 g/mol. The van der Waals surface area contributed by atoms with Crippen LogP contribution >= 0.6 is 0 Å². The average molecular weight is 390 g/mol. The predicted molar refractivity (Wildman–Crippen MR) is 104 cm³/mol. The number of benzene rings is 2. The van der Waals surface area contributed by atoms with E-state index in [1.165, 1.54) is 30.5 Å². The number of carbonyl (C=O) groups is 2. The standard InChI is InChI=1S/C22H15FN2O4/c1-13-10-18(17-8-7-14(23)11-19(17)24-13)22(27)29-16-5-2-4-15(12-16)25-21(26)20-6-3-9-28-20/h2-12H,1H3,(H,25,26). The van der Waals surface area contributed by atoms with E-state index in [-0.39, 0.29) is 17.1 Å². The summed E-state index contributed by atoms with van der Waals surface area (Å²) in [5, 5.41) is 3.16. The Morgan fingerprint density at radius 3 is 2.72 bits per heavy atom. The Kier molecular flexibility index (Phi) is 4.78. The first-order valence-electron chi connectivity index (χ1n) is 8.73. The van der Waals surface area contributed by atoms with Gasteiger partial charge >= 0.3 is 5.97 Å². The van der Waals surface area contributed by atoms with Crippen molar-refractivity contribution >= 4 is 28.5 Å². The summed E-state index contributed by atoms with van der Waals surface area (Å²) in [6.07, 6.45) is 1.40. The average Bonchev–Trinajstić information content (AvgIpc) is 3.22. The molecule has 0 aliphatic rings. The zero-order valence-corrected chi connectivity index (χ0v) is 15.3. The van der Waals surface area contributed by atoms with E-state index in [0.29, 0.717) is 22.3 Å². The van der Waals surface area contributed by atoms with Crippen LogP contribution in [0, 0.1) is 12.7 Å². The quantitative estimate of drug-likeness (QED) is 0.402. The molecule has 0 bridgehead atoms. The minimum atomic E-state index is -0.610. The number of halogens is 1. The summed E-state index contributed by atoms with van der Waals surface area (Å²) in [6, 6.07) is 15.2. The molecule has 2 aromatic heterocycles. The van der Waals surface area contributed by atoms with E-state index >= 15 is 0 Å². The summed E-state index contributed by atoms with van der Waals surface area (Å²) in [5.74, 6) is -1.05. The highest BCUT2D eigenvalue weighted by molar-refractivity contribution is 6.05. The van der Waals surface area contributed by atoms with Gasteiger partial charge in [0, 0.05) is 28.9 Å². The van der Waals surface area contributed by atoms with Gasteiger partial charge in [-0.15, -0.1) is 0 Å². The van der Waals surface area contributed by atoms with Gasteiger partial charge in [0.25, 0.3) is 5.91 Å². The topological polar surface area (TPSA) is 81.4 Å². The number of fused-ring (bicyclic) bond motifs is 1. The SMILES string of the molecule is Cc1cc(C(=O)Oc2cccc(NC(=O)c3ccco3)c2)c2ccc(F)cc2n1. The molecule has 0 saturated heterocycles. The normalized spacial score (nSPS) is 10.7. The Labute approximate surface area is 164 Å². The molecule has 1 amide bonds. The Balaban J connectivity index is 1.58. The molecule has 0 aliphatic carbocycles. The summed E-state index contributed by atoms with van der Waals surface area (Å²) in [5.41, 5.74) is 1.65. The van der Waals surface area contributed by atoms with E-state index in [1.54, 1.807) is 43.3 Å². The molecule has 6 nitrogen and oxygen atoms in total. The van der Waals surface area contributed by atoms with E-state index in [1.807, 2.05) is 0 Å². The third-order valence-electron chi connectivity index (χ3n) is 4.17. The van der Waals surface area contributed by atoms with E-state index in [2.05, 4.69) is 10.3 Å². The zero-order chi connectivity index (χ0) is 20.4. The molecule has 1 N–H and O–H groups in total. The van der Waals surface area contributed by atoms with Crippen LogP contribution in [0.2, 0.25) is 0 Å². The van der Waals surface area contributed by atoms with Crippen LogP contribution in [-0.2, 0) is 0 Å². The van der Waals surface area contributed by atoms with Gasteiger partial charge in [0.2, 0.25) is 0 Å². The summed E-state index contributed by atoms with van der Waals surface area (Å²) >= 11 is 0. The maximum atomic E-state index is 13.5. The maximum Gasteiger partial charge on any atom is 0.344 e. The lowest BCUT2D eigenvalue weighted by Crippen LogP contribution is -2.12. The molecule has 2 heterocycles. The van der Waals surface area contributed by atoms with Gasteiger partial charge in [0.05, 0.1) is 17.3 Å². The van der Waals surface area contributed by atoms with Crippen molar-refractivity contribution in [2.75, 3.05) is 5.32 Å². The second-order valence-electron chi connectivity index (χ2n) is 6.32. The maximum absolute atomic E-state index is 13.5. The Morgan fingerprint density at radius 1 is 1.07 bits per heavy atom. The molecule has 0 spiro atoms. The number of hydrogen-bond donors (Lipinski definition) is 1. The van der Waals surface area contributed by atoms with Gasteiger partial charge in [-0.3, -0.25) is 9.78 Å². The van der Waals surface area contributed by atoms with Crippen LogP contribution in [0.1, 0.15) is 26.6 Å². The van der Waals surface area contributed by atoms with E-state index < -0.39 is 17.7 Å². The number of aryl methyl sites for hydroxylation is 1. The number of amides is 1. The number of esters is 1. The highest BCUT2D eigenvalue weighted by Gasteiger charge is 2.16. The molecule has 0 saturated carbocycles. The van der Waals surface area contributed by atoms with Crippen molar-refractivity contribution in [1.82, 2.24) is 4.98 Å². The Morgan fingerprint density at radius 2 is 1.93 bits per heavy atom. The molecule has 0 fully saturated rings. The number of pyridine rings is 1. The van der Waals surface area contributed by atoms with Gasteiger partial charge in [0.1, 0.15) is 11.6 Å². The first-order valence-corrected chi connectivity index (χ1v) is 8.73. The lowest BCUT2D eigenvalue weighted by molar-refractivity contribution is 0.0736. The predicted octanol–water partition coefficient (Wildman–Crippen LogP) is 4.75. The van der Waals surface area contributed by atoms with Gasteiger partial charge in [-0.2, -0.15) is 0 Å². The van der Waals surface area contributed by atoms with Crippen LogP contribution < -0.4 is 10.1 Å². The van der Waals surface area contributed by atoms with Gasteiger partial charge in [0.15, 0.2) is 5.76 Å². The molecular formula is C22H15FN2O4. The summed E-state index contributed by atoms with van der Waals surface area (Å²) in [7, 11) is 0. The molecule has 2 aromatic carbocycles. The summed E-state index contributed by atoms with van der Waals surface area (Å²) in [4.78, 5) is 29.1. The molecule has 0 unspecified atom stereocenters. The summed E-state index contributed by atoms with van der Waals surface area (Å²) in [6.45, 7) is 1.71. The molecule has 7 heteroatoms. The van der Waals surface area contributed by atoms with Gasteiger partial charge in [-0.05, 0) is 49.4 Å². The zero-order valence-electron chi connectivity index (χ0n) is 15.3. The fraction of sp³-hybridized carbons (Fsp3) is 0.0455. The van der Waals surface area contributed by atoms with Crippen LogP contribution in [0.25, 0.3) is 10.9 Å². The number of anilines is 1. The largest absolute Gasteiger partial charge is 0.459 e. The second kappa shape index (κ2) is 7.55. The Bertz CT molecular complexity index is 1210. The smallest absolute Gasteiger partial charge is 0.344 e. The number of aromatic nitrogens is 1. The molecule has 29 heavy (non-hydrogen) atoms. The lowest BCUT2D eigenvalue weighted by Gasteiger charge is -2.10. The van der Waals surface area contributed by atoms with Crippen molar-refractivity contribution in [1.29, 1.82) is 0 Å². The van der Waals surface area contributed by atoms with Crippen LogP contribution in [0.5, 0.6) is 5.75 Å². The highest BCUT2D eigenvalue weighted by atomic mass is 19.1. The van der Waals surface area contributed by atoms with E-state index in [4.69, 9.17) is 9.15 Å². The Hall–Kier alpha value is -4.00. The molecule has 0 radical (unpaired) electrons. The van der Waals surface area contributed by atoms with Crippen molar-refractivity contribution in [3.63, 3.8) is 0 Å². The fourth-order valence-electron chi connectivity index (χ4n) is 2.90. The number of nitrogens with zero attached hydrogens (tertiary/aromatic N) is 1. The first-order chi connectivity index (χ1) is 14.0. The lowest BCUT2D eigenvalue weighted by atomic mass is 10.1. The van der Waals surface area contributed by atoms with Gasteiger partial charge in [-0.25, -0.2) is 9.18 Å². The van der Waals surface area contributed by atoms with Crippen molar-refractivity contribution in [3.8, 4) is 5.75 Å².